The molecule has 0 spiro atoms. The van der Waals surface area contributed by atoms with Crippen molar-refractivity contribution in [3.05, 3.63) is 35.9 Å². The minimum Gasteiger partial charge on any atom is -0.550 e. The molecule has 0 unspecified atom stereocenters. The van der Waals surface area contributed by atoms with Crippen LogP contribution in [0.3, 0.4) is 0 Å². The standard InChI is InChI=1S/C12H12O4/c13-10(6-7-12(15)16)5-4-9-2-1-3-11(14)8-9/h1-5,8,14H,6-7H2,(H,15,16)/p-1/b5-4+. The predicted molar refractivity (Wildman–Crippen MR) is 56.4 cm³/mol. The summed E-state index contributed by atoms with van der Waals surface area (Å²) in [6.07, 6.45) is 2.47. The van der Waals surface area contributed by atoms with Crippen LogP contribution < -0.4 is 5.11 Å². The van der Waals surface area contributed by atoms with Crippen molar-refractivity contribution in [3.63, 3.8) is 0 Å². The molecule has 0 aromatic heterocycles. The van der Waals surface area contributed by atoms with Crippen LogP contribution in [0.1, 0.15) is 18.4 Å². The lowest BCUT2D eigenvalue weighted by Gasteiger charge is -1.98. The molecule has 0 saturated carbocycles. The zero-order valence-corrected chi connectivity index (χ0v) is 8.55. The second-order valence-corrected chi connectivity index (χ2v) is 3.27. The Hall–Kier alpha value is -2.10. The van der Waals surface area contributed by atoms with Gasteiger partial charge in [-0.2, -0.15) is 0 Å². The van der Waals surface area contributed by atoms with E-state index in [1.54, 1.807) is 12.1 Å². The van der Waals surface area contributed by atoms with Gasteiger partial charge >= 0.3 is 0 Å². The minimum absolute atomic E-state index is 0.0718. The Bertz CT molecular complexity index is 421. The average molecular weight is 219 g/mol. The van der Waals surface area contributed by atoms with Crippen LogP contribution in [-0.4, -0.2) is 16.9 Å². The van der Waals surface area contributed by atoms with E-state index in [-0.39, 0.29) is 24.4 Å². The third-order valence-electron chi connectivity index (χ3n) is 1.91. The summed E-state index contributed by atoms with van der Waals surface area (Å²) in [7, 11) is 0. The van der Waals surface area contributed by atoms with Gasteiger partial charge in [0.2, 0.25) is 0 Å². The van der Waals surface area contributed by atoms with Gasteiger partial charge < -0.3 is 15.0 Å². The number of ketones is 1. The van der Waals surface area contributed by atoms with Crippen molar-refractivity contribution in [1.29, 1.82) is 0 Å². The van der Waals surface area contributed by atoms with Crippen molar-refractivity contribution in [1.82, 2.24) is 0 Å². The number of carboxylic acid groups (broad SMARTS) is 1. The van der Waals surface area contributed by atoms with Gasteiger partial charge in [-0.05, 0) is 30.2 Å². The highest BCUT2D eigenvalue weighted by Crippen LogP contribution is 2.12. The van der Waals surface area contributed by atoms with Crippen LogP contribution in [0.2, 0.25) is 0 Å². The molecule has 0 heterocycles. The highest BCUT2D eigenvalue weighted by atomic mass is 16.4. The van der Waals surface area contributed by atoms with Crippen LogP contribution in [0.25, 0.3) is 6.08 Å². The van der Waals surface area contributed by atoms with Gasteiger partial charge in [0, 0.05) is 12.4 Å². The minimum atomic E-state index is -1.24. The molecule has 84 valence electrons. The van der Waals surface area contributed by atoms with Crippen molar-refractivity contribution in [2.45, 2.75) is 12.8 Å². The SMILES string of the molecule is O=C([O-])CCC(=O)/C=C/c1cccc(O)c1. The molecule has 0 atom stereocenters. The van der Waals surface area contributed by atoms with E-state index in [0.29, 0.717) is 5.56 Å². The molecule has 0 radical (unpaired) electrons. The highest BCUT2D eigenvalue weighted by molar-refractivity contribution is 5.94. The Morgan fingerprint density at radius 1 is 1.31 bits per heavy atom. The highest BCUT2D eigenvalue weighted by Gasteiger charge is 1.97. The third-order valence-corrected chi connectivity index (χ3v) is 1.91. The largest absolute Gasteiger partial charge is 0.550 e. The Morgan fingerprint density at radius 3 is 2.69 bits per heavy atom. The summed E-state index contributed by atoms with van der Waals surface area (Å²) in [5.74, 6) is -1.41. The van der Waals surface area contributed by atoms with Crippen LogP contribution in [0.15, 0.2) is 30.3 Å². The number of carboxylic acids is 1. The van der Waals surface area contributed by atoms with Crippen molar-refractivity contribution < 1.29 is 19.8 Å². The van der Waals surface area contributed by atoms with Crippen LogP contribution >= 0.6 is 0 Å². The smallest absolute Gasteiger partial charge is 0.156 e. The number of carbonyl (C=O) groups is 2. The predicted octanol–water partition coefficient (Wildman–Crippen LogP) is 0.505. The number of phenolic OH excluding ortho intramolecular Hbond substituents is 1. The maximum absolute atomic E-state index is 11.2. The van der Waals surface area contributed by atoms with Crippen molar-refractivity contribution in [3.8, 4) is 5.75 Å². The molecule has 0 bridgehead atoms. The third kappa shape index (κ3) is 4.41. The summed E-state index contributed by atoms with van der Waals surface area (Å²) in [6, 6.07) is 6.40. The molecular formula is C12H11O4-. The van der Waals surface area contributed by atoms with Gasteiger partial charge in [-0.1, -0.05) is 18.2 Å². The molecular weight excluding hydrogens is 208 g/mol. The van der Waals surface area contributed by atoms with Gasteiger partial charge in [-0.15, -0.1) is 0 Å². The molecule has 4 heteroatoms. The lowest BCUT2D eigenvalue weighted by molar-refractivity contribution is -0.305. The maximum Gasteiger partial charge on any atom is 0.156 e. The van der Waals surface area contributed by atoms with E-state index in [9.17, 15) is 14.7 Å². The topological polar surface area (TPSA) is 77.4 Å². The van der Waals surface area contributed by atoms with Crippen molar-refractivity contribution in [2.24, 2.45) is 0 Å². The van der Waals surface area contributed by atoms with Gasteiger partial charge in [0.25, 0.3) is 0 Å². The molecule has 1 aromatic rings. The van der Waals surface area contributed by atoms with Gasteiger partial charge in [-0.25, -0.2) is 0 Å². The summed E-state index contributed by atoms with van der Waals surface area (Å²) in [4.78, 5) is 21.3. The van der Waals surface area contributed by atoms with Crippen molar-refractivity contribution >= 4 is 17.8 Å². The number of hydrogen-bond acceptors (Lipinski definition) is 4. The summed E-state index contributed by atoms with van der Waals surface area (Å²) in [5, 5.41) is 19.3. The number of phenols is 1. The fraction of sp³-hybridized carbons (Fsp3) is 0.167. The average Bonchev–Trinajstić information content (AvgIpc) is 2.23. The van der Waals surface area contributed by atoms with E-state index in [4.69, 9.17) is 5.11 Å². The normalized spacial score (nSPS) is 10.5. The molecule has 4 nitrogen and oxygen atoms in total. The monoisotopic (exact) mass is 219 g/mol. The summed E-state index contributed by atoms with van der Waals surface area (Å²) < 4.78 is 0. The van der Waals surface area contributed by atoms with E-state index in [1.165, 1.54) is 24.3 Å². The first kappa shape index (κ1) is 12.0. The van der Waals surface area contributed by atoms with E-state index >= 15 is 0 Å². The maximum atomic E-state index is 11.2. The Morgan fingerprint density at radius 2 is 2.06 bits per heavy atom. The molecule has 0 aliphatic carbocycles. The molecule has 0 amide bonds. The first-order valence-corrected chi connectivity index (χ1v) is 4.78. The van der Waals surface area contributed by atoms with Gasteiger partial charge in [0.05, 0.1) is 0 Å². The first-order chi connectivity index (χ1) is 7.58. The number of allylic oxidation sites excluding steroid dienone is 1. The van der Waals surface area contributed by atoms with Crippen LogP contribution in [-0.2, 0) is 9.59 Å². The van der Waals surface area contributed by atoms with E-state index in [0.717, 1.165) is 0 Å². The Balaban J connectivity index is 2.53. The summed E-state index contributed by atoms with van der Waals surface area (Å²) in [5.41, 5.74) is 0.682. The Labute approximate surface area is 92.8 Å². The molecule has 1 aromatic carbocycles. The lowest BCUT2D eigenvalue weighted by Crippen LogP contribution is -2.22. The van der Waals surface area contributed by atoms with Gasteiger partial charge in [0.1, 0.15) is 5.75 Å². The molecule has 0 saturated heterocycles. The molecule has 0 fully saturated rings. The second-order valence-electron chi connectivity index (χ2n) is 3.27. The number of benzene rings is 1. The number of aromatic hydroxyl groups is 1. The van der Waals surface area contributed by atoms with Crippen LogP contribution in [0, 0.1) is 0 Å². The molecule has 0 aliphatic rings. The molecule has 0 aliphatic heterocycles. The second kappa shape index (κ2) is 5.70. The van der Waals surface area contributed by atoms with Crippen LogP contribution in [0.4, 0.5) is 0 Å². The fourth-order valence-electron chi connectivity index (χ4n) is 1.13. The molecule has 1 rings (SSSR count). The first-order valence-electron chi connectivity index (χ1n) is 4.78. The fourth-order valence-corrected chi connectivity index (χ4v) is 1.13. The summed E-state index contributed by atoms with van der Waals surface area (Å²) in [6.45, 7) is 0. The number of hydrogen-bond donors (Lipinski definition) is 1. The summed E-state index contributed by atoms with van der Waals surface area (Å²) >= 11 is 0. The van der Waals surface area contributed by atoms with Gasteiger partial charge in [-0.3, -0.25) is 4.79 Å². The quantitative estimate of drug-likeness (QED) is 0.732. The van der Waals surface area contributed by atoms with E-state index in [2.05, 4.69) is 0 Å². The van der Waals surface area contributed by atoms with E-state index < -0.39 is 5.97 Å². The number of aliphatic carboxylic acids is 1. The van der Waals surface area contributed by atoms with Crippen molar-refractivity contribution in [2.75, 3.05) is 0 Å². The Kier molecular flexibility index (Phi) is 4.27. The molecule has 1 N–H and O–H groups in total. The van der Waals surface area contributed by atoms with E-state index in [1.807, 2.05) is 0 Å². The number of carbonyl (C=O) groups excluding carboxylic acids is 2. The molecule has 16 heavy (non-hydrogen) atoms. The zero-order valence-electron chi connectivity index (χ0n) is 8.55. The lowest BCUT2D eigenvalue weighted by atomic mass is 10.1. The number of rotatable bonds is 5. The van der Waals surface area contributed by atoms with Gasteiger partial charge in [0.15, 0.2) is 5.78 Å². The van der Waals surface area contributed by atoms with Crippen LogP contribution in [0.5, 0.6) is 5.75 Å². The zero-order chi connectivity index (χ0) is 12.0.